The molecule has 0 unspecified atom stereocenters. The van der Waals surface area contributed by atoms with Gasteiger partial charge in [0.2, 0.25) is 0 Å². The molecule has 0 saturated carbocycles. The zero-order valence-corrected chi connectivity index (χ0v) is 18.6. The molecule has 0 atom stereocenters. The number of nitrogens with zero attached hydrogens (tertiary/aromatic N) is 3. The van der Waals surface area contributed by atoms with Crippen molar-refractivity contribution in [2.24, 2.45) is 0 Å². The minimum atomic E-state index is -0.415. The van der Waals surface area contributed by atoms with Crippen molar-refractivity contribution in [3.8, 4) is 5.69 Å². The molecule has 156 valence electrons. The van der Waals surface area contributed by atoms with Crippen LogP contribution < -0.4 is 0 Å². The van der Waals surface area contributed by atoms with E-state index in [1.165, 1.54) is 23.9 Å². The van der Waals surface area contributed by atoms with Crippen molar-refractivity contribution in [2.45, 2.75) is 20.4 Å². The Morgan fingerprint density at radius 1 is 1.10 bits per heavy atom. The summed E-state index contributed by atoms with van der Waals surface area (Å²) in [4.78, 5) is 25.7. The Hall–Kier alpha value is -3.23. The molecule has 1 saturated heterocycles. The molecule has 8 heteroatoms. The van der Waals surface area contributed by atoms with Crippen molar-refractivity contribution in [1.82, 2.24) is 9.47 Å². The maximum absolute atomic E-state index is 13.0. The zero-order valence-electron chi connectivity index (χ0n) is 16.9. The summed E-state index contributed by atoms with van der Waals surface area (Å²) in [5, 5.41) is 10.9. The number of amides is 1. The molecular formula is C23H19N3O3S2. The van der Waals surface area contributed by atoms with Gasteiger partial charge in [-0.05, 0) is 49.2 Å². The first-order valence-electron chi connectivity index (χ1n) is 9.58. The number of non-ortho nitro benzene ring substituents is 1. The number of hydrogen-bond donors (Lipinski definition) is 0. The van der Waals surface area contributed by atoms with E-state index >= 15 is 0 Å². The van der Waals surface area contributed by atoms with E-state index in [1.54, 1.807) is 17.0 Å². The Labute approximate surface area is 189 Å². The second kappa shape index (κ2) is 8.49. The van der Waals surface area contributed by atoms with Crippen LogP contribution in [0.4, 0.5) is 5.69 Å². The number of carbonyl (C=O) groups is 1. The van der Waals surface area contributed by atoms with Gasteiger partial charge in [-0.25, -0.2) is 0 Å². The van der Waals surface area contributed by atoms with Crippen LogP contribution in [-0.4, -0.2) is 24.6 Å². The third-order valence-corrected chi connectivity index (χ3v) is 6.51. The summed E-state index contributed by atoms with van der Waals surface area (Å²) in [6.45, 7) is 4.38. The number of aryl methyl sites for hydroxylation is 1. The Kier molecular flexibility index (Phi) is 5.75. The molecule has 0 N–H and O–H groups in total. The maximum atomic E-state index is 13.0. The second-order valence-corrected chi connectivity index (χ2v) is 8.86. The van der Waals surface area contributed by atoms with Crippen molar-refractivity contribution in [3.05, 3.63) is 98.2 Å². The summed E-state index contributed by atoms with van der Waals surface area (Å²) in [5.74, 6) is -0.0982. The van der Waals surface area contributed by atoms with Crippen LogP contribution in [0.5, 0.6) is 0 Å². The number of thiocarbonyl (C=S) groups is 1. The lowest BCUT2D eigenvalue weighted by molar-refractivity contribution is -0.384. The molecule has 3 aromatic rings. The van der Waals surface area contributed by atoms with E-state index in [0.29, 0.717) is 15.8 Å². The lowest BCUT2D eigenvalue weighted by Gasteiger charge is -2.14. The van der Waals surface area contributed by atoms with Gasteiger partial charge in [0.25, 0.3) is 11.6 Å². The van der Waals surface area contributed by atoms with E-state index < -0.39 is 4.92 Å². The Morgan fingerprint density at radius 2 is 1.77 bits per heavy atom. The Balaban J connectivity index is 1.62. The van der Waals surface area contributed by atoms with Gasteiger partial charge >= 0.3 is 0 Å². The van der Waals surface area contributed by atoms with Gasteiger partial charge in [-0.15, -0.1) is 0 Å². The molecule has 4 rings (SSSR count). The lowest BCUT2D eigenvalue weighted by Crippen LogP contribution is -2.27. The van der Waals surface area contributed by atoms with Crippen LogP contribution >= 0.6 is 24.0 Å². The minimum absolute atomic E-state index is 0.0496. The van der Waals surface area contributed by atoms with Gasteiger partial charge in [0.05, 0.1) is 16.4 Å². The summed E-state index contributed by atoms with van der Waals surface area (Å²) in [5.41, 5.74) is 4.73. The van der Waals surface area contributed by atoms with E-state index in [4.69, 9.17) is 12.2 Å². The number of hydrogen-bond acceptors (Lipinski definition) is 5. The number of rotatable bonds is 5. The fraction of sp³-hybridized carbons (Fsp3) is 0.130. The van der Waals surface area contributed by atoms with Crippen molar-refractivity contribution in [1.29, 1.82) is 0 Å². The lowest BCUT2D eigenvalue weighted by atomic mass is 10.2. The third-order valence-electron chi connectivity index (χ3n) is 5.13. The van der Waals surface area contributed by atoms with Crippen LogP contribution in [-0.2, 0) is 11.3 Å². The summed E-state index contributed by atoms with van der Waals surface area (Å²) in [6.07, 6.45) is 1.87. The summed E-state index contributed by atoms with van der Waals surface area (Å²) in [6, 6.07) is 18.2. The largest absolute Gasteiger partial charge is 0.318 e. The third kappa shape index (κ3) is 4.17. The topological polar surface area (TPSA) is 68.4 Å². The summed E-state index contributed by atoms with van der Waals surface area (Å²) >= 11 is 6.76. The molecule has 31 heavy (non-hydrogen) atoms. The van der Waals surface area contributed by atoms with E-state index in [1.807, 2.05) is 60.9 Å². The van der Waals surface area contributed by atoms with Crippen molar-refractivity contribution < 1.29 is 9.72 Å². The molecular weight excluding hydrogens is 430 g/mol. The van der Waals surface area contributed by atoms with Crippen LogP contribution in [0.2, 0.25) is 0 Å². The van der Waals surface area contributed by atoms with Gasteiger partial charge in [-0.1, -0.05) is 54.3 Å². The Morgan fingerprint density at radius 3 is 2.42 bits per heavy atom. The standard InChI is InChI=1S/C23H19N3O3S2/c1-15-12-18(16(2)25(15)19-8-10-20(11-9-19)26(28)29)13-21-22(27)24(23(30)31-21)14-17-6-4-3-5-7-17/h3-13H,14H2,1-2H3/b21-13+. The number of aromatic nitrogens is 1. The number of benzene rings is 2. The van der Waals surface area contributed by atoms with Crippen molar-refractivity contribution in [2.75, 3.05) is 0 Å². The van der Waals surface area contributed by atoms with Crippen LogP contribution in [0.1, 0.15) is 22.5 Å². The molecule has 0 radical (unpaired) electrons. The highest BCUT2D eigenvalue weighted by atomic mass is 32.2. The molecule has 0 bridgehead atoms. The SMILES string of the molecule is Cc1cc(/C=C2/SC(=S)N(Cc3ccccc3)C2=O)c(C)n1-c1ccc([N+](=O)[O-])cc1. The maximum Gasteiger partial charge on any atom is 0.269 e. The van der Waals surface area contributed by atoms with E-state index in [9.17, 15) is 14.9 Å². The summed E-state index contributed by atoms with van der Waals surface area (Å²) in [7, 11) is 0. The number of carbonyl (C=O) groups excluding carboxylic acids is 1. The van der Waals surface area contributed by atoms with Crippen LogP contribution in [0.3, 0.4) is 0 Å². The number of nitro benzene ring substituents is 1. The molecule has 1 fully saturated rings. The molecule has 1 amide bonds. The highest BCUT2D eigenvalue weighted by molar-refractivity contribution is 8.26. The van der Waals surface area contributed by atoms with Gasteiger partial charge in [0.1, 0.15) is 4.32 Å². The average Bonchev–Trinajstić information content (AvgIpc) is 3.18. The van der Waals surface area contributed by atoms with E-state index in [2.05, 4.69) is 0 Å². The molecule has 1 aromatic heterocycles. The Bertz CT molecular complexity index is 1210. The van der Waals surface area contributed by atoms with Crippen LogP contribution in [0.25, 0.3) is 11.8 Å². The van der Waals surface area contributed by atoms with Crippen molar-refractivity contribution in [3.63, 3.8) is 0 Å². The second-order valence-electron chi connectivity index (χ2n) is 7.19. The van der Waals surface area contributed by atoms with Gasteiger partial charge in [0.15, 0.2) is 0 Å². The fourth-order valence-electron chi connectivity index (χ4n) is 3.60. The van der Waals surface area contributed by atoms with E-state index in [-0.39, 0.29) is 11.6 Å². The van der Waals surface area contributed by atoms with Crippen LogP contribution in [0.15, 0.2) is 65.6 Å². The highest BCUT2D eigenvalue weighted by Gasteiger charge is 2.32. The predicted molar refractivity (Wildman–Crippen MR) is 127 cm³/mol. The number of nitro groups is 1. The van der Waals surface area contributed by atoms with Gasteiger partial charge in [-0.3, -0.25) is 19.8 Å². The number of thioether (sulfide) groups is 1. The molecule has 1 aliphatic rings. The summed E-state index contributed by atoms with van der Waals surface area (Å²) < 4.78 is 2.56. The fourth-order valence-corrected chi connectivity index (χ4v) is 4.84. The average molecular weight is 450 g/mol. The molecule has 2 aromatic carbocycles. The van der Waals surface area contributed by atoms with Gasteiger partial charge in [0, 0.05) is 29.2 Å². The first kappa shape index (κ1) is 21.0. The van der Waals surface area contributed by atoms with E-state index in [0.717, 1.165) is 28.2 Å². The first-order chi connectivity index (χ1) is 14.8. The predicted octanol–water partition coefficient (Wildman–Crippen LogP) is 5.40. The van der Waals surface area contributed by atoms with Gasteiger partial charge < -0.3 is 4.57 Å². The molecule has 2 heterocycles. The zero-order chi connectivity index (χ0) is 22.1. The molecule has 0 aliphatic carbocycles. The minimum Gasteiger partial charge on any atom is -0.318 e. The molecule has 6 nitrogen and oxygen atoms in total. The quantitative estimate of drug-likeness (QED) is 0.226. The van der Waals surface area contributed by atoms with Gasteiger partial charge in [-0.2, -0.15) is 0 Å². The van der Waals surface area contributed by atoms with Crippen LogP contribution in [0, 0.1) is 24.0 Å². The normalized spacial score (nSPS) is 15.2. The molecule has 1 aliphatic heterocycles. The monoisotopic (exact) mass is 449 g/mol. The molecule has 0 spiro atoms. The highest BCUT2D eigenvalue weighted by Crippen LogP contribution is 2.35. The smallest absolute Gasteiger partial charge is 0.269 e. The van der Waals surface area contributed by atoms with Crippen molar-refractivity contribution >= 4 is 46.0 Å². The first-order valence-corrected chi connectivity index (χ1v) is 10.8.